The fourth-order valence-electron chi connectivity index (χ4n) is 4.41. The molecule has 3 aromatic carbocycles. The lowest BCUT2D eigenvalue weighted by Gasteiger charge is -2.25. The third kappa shape index (κ3) is 4.78. The molecule has 1 aromatic heterocycles. The molecule has 1 aliphatic rings. The van der Waals surface area contributed by atoms with Crippen molar-refractivity contribution in [1.82, 2.24) is 4.57 Å². The largest absolute Gasteiger partial charge is 0.463 e. The van der Waals surface area contributed by atoms with Crippen molar-refractivity contribution in [2.24, 2.45) is 4.99 Å². The van der Waals surface area contributed by atoms with Crippen LogP contribution in [0.1, 0.15) is 29.7 Å². The Kier molecular flexibility index (Phi) is 6.88. The highest BCUT2D eigenvalue weighted by Crippen LogP contribution is 2.35. The van der Waals surface area contributed by atoms with Gasteiger partial charge in [-0.15, -0.1) is 0 Å². The molecule has 0 unspecified atom stereocenters. The number of anilines is 1. The maximum atomic E-state index is 13.8. The summed E-state index contributed by atoms with van der Waals surface area (Å²) in [6.07, 6.45) is 1.88. The molecule has 2 heterocycles. The van der Waals surface area contributed by atoms with E-state index in [4.69, 9.17) is 9.73 Å². The Morgan fingerprint density at radius 1 is 1.00 bits per heavy atom. The van der Waals surface area contributed by atoms with Crippen molar-refractivity contribution in [3.8, 4) is 0 Å². The average Bonchev–Trinajstić information content (AvgIpc) is 3.23. The van der Waals surface area contributed by atoms with Crippen LogP contribution in [0.5, 0.6) is 0 Å². The van der Waals surface area contributed by atoms with Crippen LogP contribution in [0.4, 0.5) is 5.69 Å². The lowest BCUT2D eigenvalue weighted by atomic mass is 9.93. The Hall–Kier alpha value is -4.23. The normalized spacial score (nSPS) is 15.2. The van der Waals surface area contributed by atoms with Crippen LogP contribution in [-0.2, 0) is 9.53 Å². The van der Waals surface area contributed by atoms with Gasteiger partial charge in [-0.05, 0) is 36.3 Å². The minimum atomic E-state index is -0.662. The van der Waals surface area contributed by atoms with Crippen LogP contribution >= 0.6 is 11.3 Å². The Morgan fingerprint density at radius 3 is 2.27 bits per heavy atom. The SMILES string of the molecule is CCOC(=O)C1=C(c2ccccc2)N=c2s/c(=C\c3ccc(N(C)C)cc3)c(=O)n2[C@H]1c1ccccc1. The van der Waals surface area contributed by atoms with E-state index >= 15 is 0 Å². The molecule has 0 bridgehead atoms. The highest BCUT2D eigenvalue weighted by molar-refractivity contribution is 7.07. The summed E-state index contributed by atoms with van der Waals surface area (Å²) in [5, 5.41) is 0. The van der Waals surface area contributed by atoms with Gasteiger partial charge in [0.25, 0.3) is 5.56 Å². The van der Waals surface area contributed by atoms with Crippen molar-refractivity contribution in [2.45, 2.75) is 13.0 Å². The number of aromatic nitrogens is 1. The number of rotatable bonds is 6. The Balaban J connectivity index is 1.77. The Bertz CT molecular complexity index is 1630. The van der Waals surface area contributed by atoms with E-state index < -0.39 is 12.0 Å². The van der Waals surface area contributed by atoms with E-state index in [0.29, 0.717) is 20.6 Å². The molecule has 1 atom stereocenters. The van der Waals surface area contributed by atoms with E-state index in [9.17, 15) is 9.59 Å². The minimum absolute atomic E-state index is 0.191. The van der Waals surface area contributed by atoms with Crippen LogP contribution in [0, 0.1) is 0 Å². The first kappa shape index (κ1) is 24.5. The molecule has 0 radical (unpaired) electrons. The summed E-state index contributed by atoms with van der Waals surface area (Å²) in [6, 6.07) is 26.5. The van der Waals surface area contributed by atoms with Gasteiger partial charge in [-0.25, -0.2) is 9.79 Å². The number of carbonyl (C=O) groups is 1. The average molecular weight is 510 g/mol. The standard InChI is InChI=1S/C30H27N3O3S/c1-4-36-29(35)25-26(21-11-7-5-8-12-21)31-30-33(27(25)22-13-9-6-10-14-22)28(34)24(37-30)19-20-15-17-23(18-16-20)32(2)3/h5-19,27H,4H2,1-3H3/b24-19-/t27-/m0/s1. The van der Waals surface area contributed by atoms with Crippen molar-refractivity contribution in [1.29, 1.82) is 0 Å². The number of nitrogens with zero attached hydrogens (tertiary/aromatic N) is 3. The molecule has 0 aliphatic carbocycles. The Labute approximate surface area is 219 Å². The van der Waals surface area contributed by atoms with Gasteiger partial charge in [-0.1, -0.05) is 84.1 Å². The number of fused-ring (bicyclic) bond motifs is 1. The van der Waals surface area contributed by atoms with Gasteiger partial charge in [-0.3, -0.25) is 9.36 Å². The predicted octanol–water partition coefficient (Wildman–Crippen LogP) is 4.00. The summed E-state index contributed by atoms with van der Waals surface area (Å²) in [7, 11) is 3.98. The van der Waals surface area contributed by atoms with Crippen molar-refractivity contribution in [3.05, 3.63) is 127 Å². The molecule has 0 saturated heterocycles. The second-order valence-electron chi connectivity index (χ2n) is 8.83. The lowest BCUT2D eigenvalue weighted by molar-refractivity contribution is -0.138. The molecule has 186 valence electrons. The van der Waals surface area contributed by atoms with Crippen LogP contribution in [-0.4, -0.2) is 31.2 Å². The van der Waals surface area contributed by atoms with Crippen molar-refractivity contribution >= 4 is 34.8 Å². The molecule has 4 aromatic rings. The zero-order chi connectivity index (χ0) is 25.9. The van der Waals surface area contributed by atoms with Crippen molar-refractivity contribution in [3.63, 3.8) is 0 Å². The lowest BCUT2D eigenvalue weighted by Crippen LogP contribution is -2.39. The fourth-order valence-corrected chi connectivity index (χ4v) is 5.41. The van der Waals surface area contributed by atoms with Crippen LogP contribution in [0.2, 0.25) is 0 Å². The van der Waals surface area contributed by atoms with Crippen molar-refractivity contribution < 1.29 is 9.53 Å². The van der Waals surface area contributed by atoms with E-state index in [0.717, 1.165) is 22.4 Å². The van der Waals surface area contributed by atoms with Gasteiger partial charge in [0.2, 0.25) is 0 Å². The molecule has 0 spiro atoms. The van der Waals surface area contributed by atoms with Gasteiger partial charge in [0.15, 0.2) is 4.80 Å². The zero-order valence-corrected chi connectivity index (χ0v) is 21.7. The summed E-state index contributed by atoms with van der Waals surface area (Å²) < 4.78 is 7.67. The van der Waals surface area contributed by atoms with E-state index in [1.165, 1.54) is 11.3 Å². The molecule has 37 heavy (non-hydrogen) atoms. The maximum absolute atomic E-state index is 13.8. The van der Waals surface area contributed by atoms with Crippen LogP contribution in [0.25, 0.3) is 11.8 Å². The van der Waals surface area contributed by atoms with Gasteiger partial charge >= 0.3 is 5.97 Å². The molecule has 0 amide bonds. The molecule has 6 nitrogen and oxygen atoms in total. The highest BCUT2D eigenvalue weighted by Gasteiger charge is 2.35. The quantitative estimate of drug-likeness (QED) is 0.369. The van der Waals surface area contributed by atoms with E-state index in [1.54, 1.807) is 11.5 Å². The third-order valence-electron chi connectivity index (χ3n) is 6.20. The summed E-state index contributed by atoms with van der Waals surface area (Å²) in [4.78, 5) is 34.7. The second-order valence-corrected chi connectivity index (χ2v) is 9.84. The number of hydrogen-bond acceptors (Lipinski definition) is 6. The van der Waals surface area contributed by atoms with Gasteiger partial charge < -0.3 is 9.64 Å². The second kappa shape index (κ2) is 10.4. The third-order valence-corrected chi connectivity index (χ3v) is 7.18. The van der Waals surface area contributed by atoms with Crippen LogP contribution in [0.15, 0.2) is 100 Å². The molecule has 0 fully saturated rings. The number of esters is 1. The van der Waals surface area contributed by atoms with E-state index in [2.05, 4.69) is 0 Å². The minimum Gasteiger partial charge on any atom is -0.463 e. The monoisotopic (exact) mass is 509 g/mol. The molecular weight excluding hydrogens is 482 g/mol. The number of hydrogen-bond donors (Lipinski definition) is 0. The van der Waals surface area contributed by atoms with Crippen LogP contribution in [0.3, 0.4) is 0 Å². The highest BCUT2D eigenvalue weighted by atomic mass is 32.1. The molecular formula is C30H27N3O3S. The molecule has 5 rings (SSSR count). The van der Waals surface area contributed by atoms with Gasteiger partial charge in [0.05, 0.1) is 28.5 Å². The first-order chi connectivity index (χ1) is 18.0. The van der Waals surface area contributed by atoms with E-state index in [-0.39, 0.29) is 12.2 Å². The predicted molar refractivity (Wildman–Crippen MR) is 148 cm³/mol. The summed E-state index contributed by atoms with van der Waals surface area (Å²) in [5.74, 6) is -0.479. The Morgan fingerprint density at radius 2 is 1.65 bits per heavy atom. The van der Waals surface area contributed by atoms with E-state index in [1.807, 2.05) is 110 Å². The molecule has 1 aliphatic heterocycles. The topological polar surface area (TPSA) is 63.9 Å². The van der Waals surface area contributed by atoms with Gasteiger partial charge in [-0.2, -0.15) is 0 Å². The molecule has 0 saturated carbocycles. The first-order valence-corrected chi connectivity index (χ1v) is 12.9. The number of carbonyl (C=O) groups excluding carboxylic acids is 1. The summed E-state index contributed by atoms with van der Waals surface area (Å²) >= 11 is 1.32. The first-order valence-electron chi connectivity index (χ1n) is 12.1. The zero-order valence-electron chi connectivity index (χ0n) is 20.9. The number of thiazole rings is 1. The smallest absolute Gasteiger partial charge is 0.338 e. The molecule has 0 N–H and O–H groups in total. The summed E-state index contributed by atoms with van der Waals surface area (Å²) in [6.45, 7) is 1.99. The number of benzene rings is 3. The van der Waals surface area contributed by atoms with Crippen molar-refractivity contribution in [2.75, 3.05) is 25.6 Å². The summed E-state index contributed by atoms with van der Waals surface area (Å²) in [5.41, 5.74) is 4.29. The van der Waals surface area contributed by atoms with Gasteiger partial charge in [0, 0.05) is 25.3 Å². The van der Waals surface area contributed by atoms with Gasteiger partial charge in [0.1, 0.15) is 0 Å². The van der Waals surface area contributed by atoms with Crippen LogP contribution < -0.4 is 19.8 Å². The fraction of sp³-hybridized carbons (Fsp3) is 0.167. The molecule has 7 heteroatoms. The number of ether oxygens (including phenoxy) is 1. The maximum Gasteiger partial charge on any atom is 0.338 e.